The molecule has 118 valence electrons. The standard InChI is InChI=1S/C19H15N3OS/c1-12-17(22-11-7-6-10-15(22)20-12)19-21-16(18(24-19)13(2)23)14-8-4-3-5-9-14/h3-11H,1-2H3. The highest BCUT2D eigenvalue weighted by Crippen LogP contribution is 2.35. The molecule has 0 atom stereocenters. The lowest BCUT2D eigenvalue weighted by atomic mass is 10.1. The quantitative estimate of drug-likeness (QED) is 0.513. The third kappa shape index (κ3) is 2.34. The summed E-state index contributed by atoms with van der Waals surface area (Å²) in [5, 5.41) is 0.815. The smallest absolute Gasteiger partial charge is 0.172 e. The zero-order chi connectivity index (χ0) is 16.7. The van der Waals surface area contributed by atoms with Crippen molar-refractivity contribution in [2.24, 2.45) is 0 Å². The van der Waals surface area contributed by atoms with Crippen LogP contribution < -0.4 is 0 Å². The van der Waals surface area contributed by atoms with Crippen molar-refractivity contribution in [3.8, 4) is 22.0 Å². The molecule has 0 saturated carbocycles. The van der Waals surface area contributed by atoms with Crippen LogP contribution in [0.25, 0.3) is 27.6 Å². The second-order valence-electron chi connectivity index (χ2n) is 5.59. The highest BCUT2D eigenvalue weighted by Gasteiger charge is 2.21. The maximum absolute atomic E-state index is 12.1. The number of hydrogen-bond acceptors (Lipinski definition) is 4. The molecule has 0 aliphatic rings. The SMILES string of the molecule is CC(=O)c1sc(-c2c(C)nc3ccccn23)nc1-c1ccccc1. The Morgan fingerprint density at radius 2 is 1.79 bits per heavy atom. The number of carbonyl (C=O) groups excluding carboxylic acids is 1. The lowest BCUT2D eigenvalue weighted by Gasteiger charge is -1.99. The Morgan fingerprint density at radius 1 is 1.04 bits per heavy atom. The summed E-state index contributed by atoms with van der Waals surface area (Å²) in [4.78, 5) is 22.2. The van der Waals surface area contributed by atoms with Gasteiger partial charge in [0.15, 0.2) is 5.78 Å². The molecule has 0 bridgehead atoms. The third-order valence-corrected chi connectivity index (χ3v) is 5.06. The molecule has 3 aromatic heterocycles. The van der Waals surface area contributed by atoms with Crippen molar-refractivity contribution in [1.82, 2.24) is 14.4 Å². The normalized spacial score (nSPS) is 11.1. The Balaban J connectivity index is 1.97. The van der Waals surface area contributed by atoms with E-state index in [9.17, 15) is 4.79 Å². The summed E-state index contributed by atoms with van der Waals surface area (Å²) < 4.78 is 2.02. The molecule has 4 aromatic rings. The first kappa shape index (κ1) is 14.8. The van der Waals surface area contributed by atoms with E-state index >= 15 is 0 Å². The number of rotatable bonds is 3. The number of nitrogens with zero attached hydrogens (tertiary/aromatic N) is 3. The molecule has 0 spiro atoms. The summed E-state index contributed by atoms with van der Waals surface area (Å²) in [7, 11) is 0. The number of carbonyl (C=O) groups is 1. The number of ketones is 1. The highest BCUT2D eigenvalue weighted by atomic mass is 32.1. The minimum Gasteiger partial charge on any atom is -0.297 e. The predicted octanol–water partition coefficient (Wildman–Crippen LogP) is 4.64. The van der Waals surface area contributed by atoms with Crippen LogP contribution in [0.4, 0.5) is 0 Å². The number of fused-ring (bicyclic) bond motifs is 1. The molecule has 0 unspecified atom stereocenters. The second kappa shape index (κ2) is 5.69. The van der Waals surface area contributed by atoms with Crippen molar-refractivity contribution in [2.75, 3.05) is 0 Å². The number of pyridine rings is 1. The number of benzene rings is 1. The lowest BCUT2D eigenvalue weighted by Crippen LogP contribution is -1.91. The Bertz CT molecular complexity index is 1050. The molecule has 24 heavy (non-hydrogen) atoms. The van der Waals surface area contributed by atoms with Gasteiger partial charge in [-0.25, -0.2) is 9.97 Å². The monoisotopic (exact) mass is 333 g/mol. The molecule has 0 aliphatic carbocycles. The molecule has 0 saturated heterocycles. The molecule has 5 heteroatoms. The minimum atomic E-state index is 0.0316. The molecule has 4 rings (SSSR count). The van der Waals surface area contributed by atoms with Gasteiger partial charge in [0, 0.05) is 18.7 Å². The molecule has 0 amide bonds. The van der Waals surface area contributed by atoms with Crippen LogP contribution in [0.3, 0.4) is 0 Å². The van der Waals surface area contributed by atoms with E-state index < -0.39 is 0 Å². The van der Waals surface area contributed by atoms with Crippen molar-refractivity contribution in [1.29, 1.82) is 0 Å². The summed E-state index contributed by atoms with van der Waals surface area (Å²) in [5.74, 6) is 0.0316. The van der Waals surface area contributed by atoms with Gasteiger partial charge in [-0.2, -0.15) is 0 Å². The van der Waals surface area contributed by atoms with Gasteiger partial charge in [0.1, 0.15) is 16.3 Å². The van der Waals surface area contributed by atoms with E-state index in [4.69, 9.17) is 4.98 Å². The molecule has 0 aliphatic heterocycles. The first-order valence-electron chi connectivity index (χ1n) is 7.66. The van der Waals surface area contributed by atoms with Gasteiger partial charge < -0.3 is 0 Å². The van der Waals surface area contributed by atoms with Crippen molar-refractivity contribution in [3.63, 3.8) is 0 Å². The average Bonchev–Trinajstić information content (AvgIpc) is 3.16. The van der Waals surface area contributed by atoms with Crippen LogP contribution in [0.5, 0.6) is 0 Å². The van der Waals surface area contributed by atoms with Gasteiger partial charge in [0.25, 0.3) is 0 Å². The summed E-state index contributed by atoms with van der Waals surface area (Å²) in [5.41, 5.74) is 4.43. The summed E-state index contributed by atoms with van der Waals surface area (Å²) in [6.45, 7) is 3.56. The van der Waals surface area contributed by atoms with Crippen LogP contribution in [0.15, 0.2) is 54.7 Å². The van der Waals surface area contributed by atoms with Crippen LogP contribution in [-0.2, 0) is 0 Å². The predicted molar refractivity (Wildman–Crippen MR) is 96.5 cm³/mol. The van der Waals surface area contributed by atoms with Crippen molar-refractivity contribution >= 4 is 22.8 Å². The fraction of sp³-hybridized carbons (Fsp3) is 0.105. The van der Waals surface area contributed by atoms with Gasteiger partial charge in [0.2, 0.25) is 0 Å². The molecular weight excluding hydrogens is 318 g/mol. The van der Waals surface area contributed by atoms with E-state index in [0.29, 0.717) is 4.88 Å². The van der Waals surface area contributed by atoms with Gasteiger partial charge >= 0.3 is 0 Å². The average molecular weight is 333 g/mol. The Morgan fingerprint density at radius 3 is 2.54 bits per heavy atom. The number of Topliss-reactive ketones (excluding diaryl/α,β-unsaturated/α-hetero) is 1. The van der Waals surface area contributed by atoms with Gasteiger partial charge in [-0.3, -0.25) is 9.20 Å². The van der Waals surface area contributed by atoms with Gasteiger partial charge in [-0.05, 0) is 19.1 Å². The van der Waals surface area contributed by atoms with Crippen LogP contribution in [0, 0.1) is 6.92 Å². The first-order valence-corrected chi connectivity index (χ1v) is 8.48. The topological polar surface area (TPSA) is 47.3 Å². The second-order valence-corrected chi connectivity index (χ2v) is 6.59. The molecule has 0 radical (unpaired) electrons. The Hall–Kier alpha value is -2.79. The van der Waals surface area contributed by atoms with E-state index in [1.165, 1.54) is 11.3 Å². The van der Waals surface area contributed by atoms with Crippen LogP contribution in [0.1, 0.15) is 22.3 Å². The third-order valence-electron chi connectivity index (χ3n) is 3.90. The molecular formula is C19H15N3OS. The minimum absolute atomic E-state index is 0.0316. The molecule has 0 N–H and O–H groups in total. The van der Waals surface area contributed by atoms with Crippen LogP contribution >= 0.6 is 11.3 Å². The van der Waals surface area contributed by atoms with E-state index in [1.807, 2.05) is 66.1 Å². The Labute approximate surface area is 143 Å². The number of aromatic nitrogens is 3. The zero-order valence-corrected chi connectivity index (χ0v) is 14.2. The Kier molecular flexibility index (Phi) is 3.50. The van der Waals surface area contributed by atoms with Crippen molar-refractivity contribution in [2.45, 2.75) is 13.8 Å². The maximum atomic E-state index is 12.1. The van der Waals surface area contributed by atoms with E-state index in [1.54, 1.807) is 6.92 Å². The molecule has 0 fully saturated rings. The van der Waals surface area contributed by atoms with Crippen LogP contribution in [0.2, 0.25) is 0 Å². The highest BCUT2D eigenvalue weighted by molar-refractivity contribution is 7.17. The maximum Gasteiger partial charge on any atom is 0.172 e. The lowest BCUT2D eigenvalue weighted by molar-refractivity contribution is 0.102. The first-order chi connectivity index (χ1) is 11.6. The fourth-order valence-electron chi connectivity index (χ4n) is 2.82. The van der Waals surface area contributed by atoms with Gasteiger partial charge in [0.05, 0.1) is 16.3 Å². The largest absolute Gasteiger partial charge is 0.297 e. The number of hydrogen-bond donors (Lipinski definition) is 0. The van der Waals surface area contributed by atoms with E-state index in [0.717, 1.165) is 33.3 Å². The van der Waals surface area contributed by atoms with Crippen molar-refractivity contribution < 1.29 is 4.79 Å². The van der Waals surface area contributed by atoms with E-state index in [2.05, 4.69) is 4.98 Å². The van der Waals surface area contributed by atoms with Gasteiger partial charge in [-0.1, -0.05) is 36.4 Å². The molecule has 1 aromatic carbocycles. The van der Waals surface area contributed by atoms with Gasteiger partial charge in [-0.15, -0.1) is 11.3 Å². The zero-order valence-electron chi connectivity index (χ0n) is 13.4. The molecule has 3 heterocycles. The summed E-state index contributed by atoms with van der Waals surface area (Å²) in [6.07, 6.45) is 1.97. The number of aryl methyl sites for hydroxylation is 1. The van der Waals surface area contributed by atoms with Crippen LogP contribution in [-0.4, -0.2) is 20.2 Å². The van der Waals surface area contributed by atoms with Crippen molar-refractivity contribution in [3.05, 3.63) is 65.3 Å². The number of imidazole rings is 1. The van der Waals surface area contributed by atoms with E-state index in [-0.39, 0.29) is 5.78 Å². The fourth-order valence-corrected chi connectivity index (χ4v) is 3.90. The summed E-state index contributed by atoms with van der Waals surface area (Å²) >= 11 is 1.43. The molecule has 4 nitrogen and oxygen atoms in total. The summed E-state index contributed by atoms with van der Waals surface area (Å²) in [6, 6.07) is 15.7. The number of thiazole rings is 1.